The minimum absolute atomic E-state index is 0.186. The summed E-state index contributed by atoms with van der Waals surface area (Å²) < 4.78 is 12.9. The third-order valence-electron chi connectivity index (χ3n) is 3.60. The molecule has 2 aromatic rings. The summed E-state index contributed by atoms with van der Waals surface area (Å²) >= 11 is 1.74. The van der Waals surface area contributed by atoms with Gasteiger partial charge in [-0.1, -0.05) is 18.2 Å². The minimum Gasteiger partial charge on any atom is -0.312 e. The van der Waals surface area contributed by atoms with Gasteiger partial charge in [-0.2, -0.15) is 0 Å². The molecule has 1 N–H and O–H groups in total. The summed E-state index contributed by atoms with van der Waals surface area (Å²) in [6.07, 6.45) is 0. The van der Waals surface area contributed by atoms with Gasteiger partial charge in [0.1, 0.15) is 5.82 Å². The van der Waals surface area contributed by atoms with Crippen LogP contribution in [0.25, 0.3) is 0 Å². The third kappa shape index (κ3) is 3.62. The Kier molecular flexibility index (Phi) is 5.21. The predicted octanol–water partition coefficient (Wildman–Crippen LogP) is 4.50. The number of hydrogen-bond acceptors (Lipinski definition) is 2. The SMILES string of the molecule is CNC(CSc1ccc(F)cc1)c1cccc(C)c1C. The smallest absolute Gasteiger partial charge is 0.123 e. The molecular weight excluding hydrogens is 269 g/mol. The lowest BCUT2D eigenvalue weighted by molar-refractivity contribution is 0.626. The average molecular weight is 289 g/mol. The number of thioether (sulfide) groups is 1. The molecular formula is C17H20FNS. The van der Waals surface area contributed by atoms with E-state index in [1.54, 1.807) is 11.8 Å². The van der Waals surface area contributed by atoms with Gasteiger partial charge in [0.2, 0.25) is 0 Å². The van der Waals surface area contributed by atoms with Crippen LogP contribution in [-0.4, -0.2) is 12.8 Å². The minimum atomic E-state index is -0.186. The molecule has 0 radical (unpaired) electrons. The highest BCUT2D eigenvalue weighted by Crippen LogP contribution is 2.27. The van der Waals surface area contributed by atoms with Crippen LogP contribution in [0.5, 0.6) is 0 Å². The van der Waals surface area contributed by atoms with E-state index in [4.69, 9.17) is 0 Å². The van der Waals surface area contributed by atoms with Gasteiger partial charge >= 0.3 is 0 Å². The van der Waals surface area contributed by atoms with E-state index in [9.17, 15) is 4.39 Å². The quantitative estimate of drug-likeness (QED) is 0.814. The molecule has 20 heavy (non-hydrogen) atoms. The number of nitrogens with one attached hydrogen (secondary N) is 1. The molecule has 1 atom stereocenters. The van der Waals surface area contributed by atoms with E-state index in [1.807, 2.05) is 19.2 Å². The van der Waals surface area contributed by atoms with Crippen LogP contribution in [0.3, 0.4) is 0 Å². The van der Waals surface area contributed by atoms with Crippen LogP contribution >= 0.6 is 11.8 Å². The Morgan fingerprint density at radius 2 is 1.80 bits per heavy atom. The molecule has 0 aliphatic rings. The van der Waals surface area contributed by atoms with Crippen molar-refractivity contribution in [2.75, 3.05) is 12.8 Å². The summed E-state index contributed by atoms with van der Waals surface area (Å²) in [6, 6.07) is 13.4. The number of aryl methyl sites for hydroxylation is 1. The standard InChI is InChI=1S/C17H20FNS/c1-12-5-4-6-16(13(12)2)17(19-3)11-20-15-9-7-14(18)8-10-15/h4-10,17,19H,11H2,1-3H3. The molecule has 0 fully saturated rings. The summed E-state index contributed by atoms with van der Waals surface area (Å²) in [7, 11) is 1.98. The van der Waals surface area contributed by atoms with Gasteiger partial charge in [-0.05, 0) is 61.9 Å². The van der Waals surface area contributed by atoms with Gasteiger partial charge in [0.05, 0.1) is 0 Å². The lowest BCUT2D eigenvalue weighted by Gasteiger charge is -2.19. The Labute approximate surface area is 124 Å². The van der Waals surface area contributed by atoms with Gasteiger partial charge in [0, 0.05) is 16.7 Å². The average Bonchev–Trinajstić information content (AvgIpc) is 2.45. The lowest BCUT2D eigenvalue weighted by Crippen LogP contribution is -2.20. The van der Waals surface area contributed by atoms with Crippen molar-refractivity contribution >= 4 is 11.8 Å². The summed E-state index contributed by atoms with van der Waals surface area (Å²) in [5.74, 6) is 0.737. The molecule has 2 rings (SSSR count). The van der Waals surface area contributed by atoms with Crippen molar-refractivity contribution in [2.45, 2.75) is 24.8 Å². The zero-order valence-electron chi connectivity index (χ0n) is 12.1. The van der Waals surface area contributed by atoms with Crippen LogP contribution in [0.1, 0.15) is 22.7 Å². The van der Waals surface area contributed by atoms with Crippen molar-refractivity contribution in [3.05, 3.63) is 65.0 Å². The van der Waals surface area contributed by atoms with E-state index in [0.717, 1.165) is 10.6 Å². The maximum atomic E-state index is 12.9. The van der Waals surface area contributed by atoms with E-state index in [2.05, 4.69) is 37.4 Å². The molecule has 1 unspecified atom stereocenters. The van der Waals surface area contributed by atoms with Crippen LogP contribution in [0.4, 0.5) is 4.39 Å². The Morgan fingerprint density at radius 1 is 1.10 bits per heavy atom. The first-order chi connectivity index (χ1) is 9.61. The maximum absolute atomic E-state index is 12.9. The van der Waals surface area contributed by atoms with Crippen molar-refractivity contribution in [1.82, 2.24) is 5.32 Å². The molecule has 106 valence electrons. The fourth-order valence-corrected chi connectivity index (χ4v) is 3.22. The van der Waals surface area contributed by atoms with Crippen molar-refractivity contribution < 1.29 is 4.39 Å². The highest BCUT2D eigenvalue weighted by atomic mass is 32.2. The molecule has 0 bridgehead atoms. The lowest BCUT2D eigenvalue weighted by atomic mass is 9.98. The second kappa shape index (κ2) is 6.91. The van der Waals surface area contributed by atoms with Crippen LogP contribution in [0.15, 0.2) is 47.4 Å². The first kappa shape index (κ1) is 15.1. The van der Waals surface area contributed by atoms with Crippen LogP contribution < -0.4 is 5.32 Å². The van der Waals surface area contributed by atoms with E-state index < -0.39 is 0 Å². The van der Waals surface area contributed by atoms with Crippen molar-refractivity contribution in [2.24, 2.45) is 0 Å². The number of rotatable bonds is 5. The molecule has 0 saturated carbocycles. The van der Waals surface area contributed by atoms with E-state index in [-0.39, 0.29) is 5.82 Å². The Bertz CT molecular complexity index is 566. The fraction of sp³-hybridized carbons (Fsp3) is 0.294. The first-order valence-corrected chi connectivity index (χ1v) is 7.72. The number of hydrogen-bond donors (Lipinski definition) is 1. The second-order valence-corrected chi connectivity index (χ2v) is 5.99. The molecule has 0 aliphatic heterocycles. The summed E-state index contributed by atoms with van der Waals surface area (Å²) in [5, 5.41) is 3.37. The Morgan fingerprint density at radius 3 is 2.45 bits per heavy atom. The van der Waals surface area contributed by atoms with Crippen LogP contribution in [0.2, 0.25) is 0 Å². The Balaban J connectivity index is 2.09. The van der Waals surface area contributed by atoms with Gasteiger partial charge in [0.15, 0.2) is 0 Å². The van der Waals surface area contributed by atoms with E-state index >= 15 is 0 Å². The van der Waals surface area contributed by atoms with Crippen LogP contribution in [0, 0.1) is 19.7 Å². The van der Waals surface area contributed by atoms with Gasteiger partial charge in [-0.15, -0.1) is 11.8 Å². The highest BCUT2D eigenvalue weighted by molar-refractivity contribution is 7.99. The molecule has 3 heteroatoms. The van der Waals surface area contributed by atoms with Gasteiger partial charge < -0.3 is 5.32 Å². The normalized spacial score (nSPS) is 12.4. The van der Waals surface area contributed by atoms with Gasteiger partial charge in [0.25, 0.3) is 0 Å². The van der Waals surface area contributed by atoms with E-state index in [0.29, 0.717) is 6.04 Å². The van der Waals surface area contributed by atoms with Crippen molar-refractivity contribution in [1.29, 1.82) is 0 Å². The number of benzene rings is 2. The predicted molar refractivity (Wildman–Crippen MR) is 84.8 cm³/mol. The monoisotopic (exact) mass is 289 g/mol. The summed E-state index contributed by atoms with van der Waals surface area (Å²) in [4.78, 5) is 1.09. The molecule has 0 spiro atoms. The van der Waals surface area contributed by atoms with Crippen molar-refractivity contribution in [3.63, 3.8) is 0 Å². The largest absolute Gasteiger partial charge is 0.312 e. The summed E-state index contributed by atoms with van der Waals surface area (Å²) in [6.45, 7) is 4.30. The topological polar surface area (TPSA) is 12.0 Å². The van der Waals surface area contributed by atoms with Gasteiger partial charge in [-0.3, -0.25) is 0 Å². The summed E-state index contributed by atoms with van der Waals surface area (Å²) in [5.41, 5.74) is 3.99. The Hall–Kier alpha value is -1.32. The highest BCUT2D eigenvalue weighted by Gasteiger charge is 2.13. The second-order valence-electron chi connectivity index (χ2n) is 4.90. The zero-order chi connectivity index (χ0) is 14.5. The van der Waals surface area contributed by atoms with Crippen molar-refractivity contribution in [3.8, 4) is 0 Å². The molecule has 0 aromatic heterocycles. The maximum Gasteiger partial charge on any atom is 0.123 e. The van der Waals surface area contributed by atoms with E-state index in [1.165, 1.54) is 28.8 Å². The molecule has 0 heterocycles. The third-order valence-corrected chi connectivity index (χ3v) is 4.71. The molecule has 2 aromatic carbocycles. The molecule has 0 amide bonds. The molecule has 1 nitrogen and oxygen atoms in total. The van der Waals surface area contributed by atoms with Gasteiger partial charge in [-0.25, -0.2) is 4.39 Å². The van der Waals surface area contributed by atoms with Crippen LogP contribution in [-0.2, 0) is 0 Å². The molecule has 0 aliphatic carbocycles. The zero-order valence-corrected chi connectivity index (χ0v) is 12.9. The fourth-order valence-electron chi connectivity index (χ4n) is 2.19. The first-order valence-electron chi connectivity index (χ1n) is 6.73. The number of halogens is 1. The molecule has 0 saturated heterocycles.